The second-order valence-electron chi connectivity index (χ2n) is 17.1. The zero-order valence-corrected chi connectivity index (χ0v) is 36.6. The summed E-state index contributed by atoms with van der Waals surface area (Å²) in [6.07, 6.45) is 29.7. The van der Waals surface area contributed by atoms with Crippen LogP contribution in [0.5, 0.6) is 0 Å². The topological polar surface area (TPSA) is 65.3 Å². The van der Waals surface area contributed by atoms with Gasteiger partial charge in [0.1, 0.15) is 0 Å². The van der Waals surface area contributed by atoms with Crippen LogP contribution in [0.3, 0.4) is 0 Å². The fourth-order valence-corrected chi connectivity index (χ4v) is 9.09. The summed E-state index contributed by atoms with van der Waals surface area (Å²) in [6.45, 7) is 12.6. The molecule has 0 fully saturated rings. The molecule has 2 aliphatic heterocycles. The minimum Gasteiger partial charge on any atom is -0.307 e. The minimum absolute atomic E-state index is 0.0104. The highest BCUT2D eigenvalue weighted by Gasteiger charge is 2.43. The molecule has 0 bridgehead atoms. The van der Waals surface area contributed by atoms with E-state index in [1.165, 1.54) is 128 Å². The van der Waals surface area contributed by atoms with Gasteiger partial charge in [0.05, 0.1) is 28.2 Å². The average Bonchev–Trinajstić information content (AvgIpc) is 3.61. The van der Waals surface area contributed by atoms with Crippen LogP contribution in [0, 0.1) is 18.8 Å². The molecule has 0 saturated heterocycles. The van der Waals surface area contributed by atoms with Gasteiger partial charge in [0.2, 0.25) is 0 Å². The predicted molar refractivity (Wildman–Crippen MR) is 240 cm³/mol. The van der Waals surface area contributed by atoms with E-state index in [1.807, 2.05) is 23.1 Å². The highest BCUT2D eigenvalue weighted by atomic mass is 16.2. The van der Waals surface area contributed by atoms with Crippen molar-refractivity contribution in [2.24, 2.45) is 22.1 Å². The van der Waals surface area contributed by atoms with E-state index in [0.29, 0.717) is 36.1 Å². The second kappa shape index (κ2) is 25.2. The molecule has 2 atom stereocenters. The van der Waals surface area contributed by atoms with Crippen molar-refractivity contribution in [1.82, 2.24) is 0 Å². The van der Waals surface area contributed by atoms with Gasteiger partial charge < -0.3 is 9.80 Å². The smallest absolute Gasteiger partial charge is 0.259 e. The molecule has 0 radical (unpaired) electrons. The number of amides is 2. The first-order chi connectivity index (χ1) is 27.4. The van der Waals surface area contributed by atoms with Crippen molar-refractivity contribution in [3.8, 4) is 0 Å². The highest BCUT2D eigenvalue weighted by molar-refractivity contribution is 6.49. The molecule has 0 saturated carbocycles. The number of nitrogens with zero attached hydrogens (tertiary/aromatic N) is 4. The van der Waals surface area contributed by atoms with Crippen molar-refractivity contribution in [3.63, 3.8) is 0 Å². The molecule has 4 rings (SSSR count). The largest absolute Gasteiger partial charge is 0.307 e. The third kappa shape index (κ3) is 13.1. The summed E-state index contributed by atoms with van der Waals surface area (Å²) in [5, 5.41) is 8.45. The third-order valence-corrected chi connectivity index (χ3v) is 12.4. The number of aryl methyl sites for hydroxylation is 1. The lowest BCUT2D eigenvalue weighted by Crippen LogP contribution is -2.34. The van der Waals surface area contributed by atoms with Gasteiger partial charge in [-0.1, -0.05) is 168 Å². The summed E-state index contributed by atoms with van der Waals surface area (Å²) in [6, 6.07) is 12.4. The summed E-state index contributed by atoms with van der Waals surface area (Å²) in [5.74, 6) is 0.813. The fraction of sp³-hybridized carbons (Fsp3) is 0.680. The number of rotatable bonds is 29. The molecule has 2 unspecified atom stereocenters. The van der Waals surface area contributed by atoms with Crippen LogP contribution in [0.1, 0.15) is 198 Å². The van der Waals surface area contributed by atoms with Crippen LogP contribution in [0.4, 0.5) is 17.1 Å². The predicted octanol–water partition coefficient (Wildman–Crippen LogP) is 15.0. The summed E-state index contributed by atoms with van der Waals surface area (Å²) in [5.41, 5.74) is 6.63. The van der Waals surface area contributed by atoms with E-state index < -0.39 is 0 Å². The molecular weight excluding hydrogens is 689 g/mol. The van der Waals surface area contributed by atoms with E-state index in [-0.39, 0.29) is 11.8 Å². The SMILES string of the molecule is CCCCCCCCC(CCCCCC)CN1C(=O)/C(=C2/C(=O)N(CC(CCCCCC)CCCCCCCC)c3cc(N=NC)ccc32)c2ccc(C)cc21. The van der Waals surface area contributed by atoms with E-state index >= 15 is 4.79 Å². The van der Waals surface area contributed by atoms with E-state index in [4.69, 9.17) is 0 Å². The first kappa shape index (κ1) is 45.4. The number of benzene rings is 2. The number of hydrogen-bond acceptors (Lipinski definition) is 4. The van der Waals surface area contributed by atoms with Crippen LogP contribution in [0.15, 0.2) is 46.6 Å². The first-order valence-electron chi connectivity index (χ1n) is 23.3. The van der Waals surface area contributed by atoms with Crippen LogP contribution < -0.4 is 9.80 Å². The molecule has 2 aromatic carbocycles. The van der Waals surface area contributed by atoms with Crippen LogP contribution in [0.2, 0.25) is 0 Å². The van der Waals surface area contributed by atoms with Crippen LogP contribution >= 0.6 is 0 Å². The fourth-order valence-electron chi connectivity index (χ4n) is 9.09. The summed E-state index contributed by atoms with van der Waals surface area (Å²) in [7, 11) is 1.69. The van der Waals surface area contributed by atoms with Crippen LogP contribution in [-0.2, 0) is 9.59 Å². The lowest BCUT2D eigenvalue weighted by Gasteiger charge is -2.25. The number of unbranched alkanes of at least 4 members (excludes halogenated alkanes) is 16. The van der Waals surface area contributed by atoms with Crippen molar-refractivity contribution in [2.45, 2.75) is 189 Å². The molecule has 0 spiro atoms. The van der Waals surface area contributed by atoms with Crippen molar-refractivity contribution < 1.29 is 9.59 Å². The summed E-state index contributed by atoms with van der Waals surface area (Å²) >= 11 is 0. The molecule has 2 heterocycles. The van der Waals surface area contributed by atoms with Gasteiger partial charge in [-0.05, 0) is 74.3 Å². The molecule has 2 aliphatic rings. The number of azo groups is 1. The van der Waals surface area contributed by atoms with Crippen molar-refractivity contribution in [3.05, 3.63) is 53.1 Å². The van der Waals surface area contributed by atoms with E-state index in [2.05, 4.69) is 67.9 Å². The van der Waals surface area contributed by atoms with Crippen LogP contribution in [-0.4, -0.2) is 32.0 Å². The molecule has 2 amide bonds. The Morgan fingerprint density at radius 3 is 1.30 bits per heavy atom. The van der Waals surface area contributed by atoms with Gasteiger partial charge in [0.15, 0.2) is 0 Å². The average molecular weight is 767 g/mol. The van der Waals surface area contributed by atoms with Gasteiger partial charge >= 0.3 is 0 Å². The Labute approximate surface area is 342 Å². The Morgan fingerprint density at radius 1 is 0.500 bits per heavy atom. The standard InChI is InChI=1S/C50H78N4O2/c1-7-11-15-19-21-25-29-40(27-23-17-13-9-3)37-53-45-35-39(5)31-33-43(45)47(49(53)55)48-44-34-32-42(52-51-6)36-46(44)54(50(48)56)38-41(28-24-18-14-10-4)30-26-22-20-16-12-8-2/h31-36,40-41H,7-30,37-38H2,1-6H3/b48-47+,52-51?. The molecule has 56 heavy (non-hydrogen) atoms. The molecule has 310 valence electrons. The van der Waals surface area contributed by atoms with Crippen LogP contribution in [0.25, 0.3) is 11.1 Å². The lowest BCUT2D eigenvalue weighted by atomic mass is 9.93. The Hall–Kier alpha value is -3.28. The highest BCUT2D eigenvalue weighted by Crippen LogP contribution is 2.48. The number of fused-ring (bicyclic) bond motifs is 2. The van der Waals surface area contributed by atoms with Crippen molar-refractivity contribution in [1.29, 1.82) is 0 Å². The molecule has 0 N–H and O–H groups in total. The van der Waals surface area contributed by atoms with Gasteiger partial charge in [-0.3, -0.25) is 9.59 Å². The van der Waals surface area contributed by atoms with Gasteiger partial charge in [-0.15, -0.1) is 0 Å². The maximum atomic E-state index is 15.0. The molecule has 6 nitrogen and oxygen atoms in total. The van der Waals surface area contributed by atoms with Crippen molar-refractivity contribution in [2.75, 3.05) is 29.9 Å². The summed E-state index contributed by atoms with van der Waals surface area (Å²) in [4.78, 5) is 34.1. The molecule has 0 aromatic heterocycles. The Bertz CT molecular complexity index is 1560. The number of anilines is 2. The zero-order valence-electron chi connectivity index (χ0n) is 36.6. The van der Waals surface area contributed by atoms with Crippen molar-refractivity contribution >= 4 is 40.0 Å². The number of carbonyl (C=O) groups excluding carboxylic acids is 2. The Balaban J connectivity index is 1.68. The van der Waals surface area contributed by atoms with E-state index in [9.17, 15) is 4.79 Å². The monoisotopic (exact) mass is 767 g/mol. The van der Waals surface area contributed by atoms with Gasteiger partial charge in [0, 0.05) is 31.3 Å². The first-order valence-corrected chi connectivity index (χ1v) is 23.3. The molecule has 6 heteroatoms. The van der Waals surface area contributed by atoms with Gasteiger partial charge in [-0.25, -0.2) is 0 Å². The number of carbonyl (C=O) groups is 2. The maximum absolute atomic E-state index is 15.0. The van der Waals surface area contributed by atoms with E-state index in [1.54, 1.807) is 7.05 Å². The quantitative estimate of drug-likeness (QED) is 0.0470. The lowest BCUT2D eigenvalue weighted by molar-refractivity contribution is -0.114. The van der Waals surface area contributed by atoms with Gasteiger partial charge in [-0.2, -0.15) is 10.2 Å². The van der Waals surface area contributed by atoms with E-state index in [0.717, 1.165) is 59.4 Å². The van der Waals surface area contributed by atoms with Gasteiger partial charge in [0.25, 0.3) is 11.8 Å². The zero-order chi connectivity index (χ0) is 40.1. The minimum atomic E-state index is -0.0352. The summed E-state index contributed by atoms with van der Waals surface area (Å²) < 4.78 is 0. The molecule has 0 aliphatic carbocycles. The Morgan fingerprint density at radius 2 is 0.875 bits per heavy atom. The normalized spacial score (nSPS) is 16.4. The third-order valence-electron chi connectivity index (χ3n) is 12.4. The second-order valence-corrected chi connectivity index (χ2v) is 17.1. The number of hydrogen-bond donors (Lipinski definition) is 0. The molecular formula is C50H78N4O2. The molecule has 2 aromatic rings. The Kier molecular flexibility index (Phi) is 20.4. The maximum Gasteiger partial charge on any atom is 0.259 e.